The van der Waals surface area contributed by atoms with E-state index in [1.165, 1.54) is 73.9 Å². The molecule has 0 radical (unpaired) electrons. The van der Waals surface area contributed by atoms with Crippen LogP contribution in [-0.2, 0) is 14.6 Å². The van der Waals surface area contributed by atoms with Crippen LogP contribution >= 0.6 is 19.1 Å². The van der Waals surface area contributed by atoms with Gasteiger partial charge in [-0.3, -0.25) is 19.3 Å². The Morgan fingerprint density at radius 1 is 1.08 bits per heavy atom. The Balaban J connectivity index is 1.57. The predicted molar refractivity (Wildman–Crippen MR) is 133 cm³/mol. The minimum Gasteiger partial charge on any atom is -0.326 e. The number of H-pyrrole nitrogens is 1. The van der Waals surface area contributed by atoms with Gasteiger partial charge in [0, 0.05) is 34.4 Å². The number of nitrogens with zero attached hydrogens (tertiary/aromatic N) is 3. The summed E-state index contributed by atoms with van der Waals surface area (Å²) in [6.07, 6.45) is 2.74. The average molecular weight is 549 g/mol. The SMILES string of the molecule is Cc1[nH]n(C(=O)c2ccc(Cl)cc2)c(=O)c1P(=O)(O)Nc1ccc(S(=O)(=O)Nc2ncccn2)cc1. The van der Waals surface area contributed by atoms with Gasteiger partial charge in [-0.1, -0.05) is 11.6 Å². The highest BCUT2D eigenvalue weighted by molar-refractivity contribution is 7.92. The van der Waals surface area contributed by atoms with Gasteiger partial charge in [0.1, 0.15) is 5.30 Å². The van der Waals surface area contributed by atoms with Crippen molar-refractivity contribution in [2.45, 2.75) is 11.8 Å². The first-order valence-corrected chi connectivity index (χ1v) is 13.6. The molecule has 0 bridgehead atoms. The molecule has 0 spiro atoms. The summed E-state index contributed by atoms with van der Waals surface area (Å²) >= 11 is 5.82. The molecule has 0 fully saturated rings. The molecule has 36 heavy (non-hydrogen) atoms. The van der Waals surface area contributed by atoms with Crippen molar-refractivity contribution >= 4 is 52.0 Å². The van der Waals surface area contributed by atoms with Crippen LogP contribution in [0, 0.1) is 6.92 Å². The number of carbonyl (C=O) groups excluding carboxylic acids is 1. The van der Waals surface area contributed by atoms with Crippen LogP contribution in [0.3, 0.4) is 0 Å². The summed E-state index contributed by atoms with van der Waals surface area (Å²) in [5, 5.41) is 4.75. The van der Waals surface area contributed by atoms with E-state index in [1.54, 1.807) is 0 Å². The minimum absolute atomic E-state index is 0.00639. The number of hydrogen-bond donors (Lipinski definition) is 4. The number of hydrogen-bond acceptors (Lipinski definition) is 7. The lowest BCUT2D eigenvalue weighted by Gasteiger charge is -2.14. The van der Waals surface area contributed by atoms with Gasteiger partial charge in [-0.05, 0) is 61.5 Å². The maximum Gasteiger partial charge on any atom is 0.328 e. The van der Waals surface area contributed by atoms with Gasteiger partial charge in [0.2, 0.25) is 5.95 Å². The number of benzene rings is 2. The molecule has 4 aromatic rings. The Labute approximate surface area is 209 Å². The monoisotopic (exact) mass is 548 g/mol. The highest BCUT2D eigenvalue weighted by Crippen LogP contribution is 2.39. The lowest BCUT2D eigenvalue weighted by Crippen LogP contribution is -2.34. The zero-order chi connectivity index (χ0) is 26.1. The molecule has 0 aliphatic carbocycles. The number of aromatic amines is 1. The molecule has 2 aromatic heterocycles. The van der Waals surface area contributed by atoms with Gasteiger partial charge in [-0.25, -0.2) is 23.1 Å². The van der Waals surface area contributed by atoms with Crippen molar-refractivity contribution in [2.24, 2.45) is 0 Å². The molecule has 0 amide bonds. The van der Waals surface area contributed by atoms with E-state index in [0.717, 1.165) is 0 Å². The van der Waals surface area contributed by atoms with E-state index < -0.39 is 34.3 Å². The highest BCUT2D eigenvalue weighted by atomic mass is 35.5. The summed E-state index contributed by atoms with van der Waals surface area (Å²) in [4.78, 5) is 43.7. The first-order chi connectivity index (χ1) is 17.0. The Hall–Kier alpha value is -3.77. The average Bonchev–Trinajstić information content (AvgIpc) is 3.14. The second-order valence-corrected chi connectivity index (χ2v) is 11.4. The number of aromatic nitrogens is 4. The van der Waals surface area contributed by atoms with E-state index in [9.17, 15) is 27.5 Å². The fraction of sp³-hybridized carbons (Fsp3) is 0.0476. The molecule has 12 nitrogen and oxygen atoms in total. The Kier molecular flexibility index (Phi) is 6.83. The summed E-state index contributed by atoms with van der Waals surface area (Å²) in [5.74, 6) is -0.859. The quantitative estimate of drug-likeness (QED) is 0.252. The predicted octanol–water partition coefficient (Wildman–Crippen LogP) is 2.34. The van der Waals surface area contributed by atoms with Crippen molar-refractivity contribution in [1.29, 1.82) is 0 Å². The van der Waals surface area contributed by atoms with E-state index in [-0.39, 0.29) is 27.8 Å². The highest BCUT2D eigenvalue weighted by Gasteiger charge is 2.32. The minimum atomic E-state index is -4.54. The fourth-order valence-corrected chi connectivity index (χ4v) is 5.79. The van der Waals surface area contributed by atoms with Crippen LogP contribution in [-0.4, -0.2) is 39.0 Å². The molecule has 1 atom stereocenters. The molecule has 1 unspecified atom stereocenters. The Bertz CT molecular complexity index is 1640. The molecule has 2 heterocycles. The second-order valence-electron chi connectivity index (χ2n) is 7.43. The van der Waals surface area contributed by atoms with E-state index in [2.05, 4.69) is 24.9 Å². The van der Waals surface area contributed by atoms with Crippen LogP contribution in [0.5, 0.6) is 0 Å². The maximum atomic E-state index is 13.1. The molecule has 4 rings (SSSR count). The topological polar surface area (TPSA) is 176 Å². The number of halogens is 1. The van der Waals surface area contributed by atoms with Gasteiger partial charge in [0.25, 0.3) is 21.5 Å². The van der Waals surface area contributed by atoms with E-state index >= 15 is 0 Å². The maximum absolute atomic E-state index is 13.1. The van der Waals surface area contributed by atoms with Crippen molar-refractivity contribution < 1.29 is 22.7 Å². The third kappa shape index (κ3) is 5.24. The molecular weight excluding hydrogens is 531 g/mol. The summed E-state index contributed by atoms with van der Waals surface area (Å²) in [6.45, 7) is 1.37. The first kappa shape index (κ1) is 25.3. The third-order valence-corrected chi connectivity index (χ3v) is 8.16. The van der Waals surface area contributed by atoms with Gasteiger partial charge >= 0.3 is 7.52 Å². The molecule has 2 aromatic carbocycles. The zero-order valence-electron chi connectivity index (χ0n) is 18.4. The summed E-state index contributed by atoms with van der Waals surface area (Å²) in [7, 11) is -8.56. The Morgan fingerprint density at radius 2 is 1.69 bits per heavy atom. The molecule has 186 valence electrons. The van der Waals surface area contributed by atoms with Crippen LogP contribution < -0.4 is 20.7 Å². The van der Waals surface area contributed by atoms with Crippen LogP contribution in [0.15, 0.2) is 76.7 Å². The third-order valence-electron chi connectivity index (χ3n) is 4.87. The van der Waals surface area contributed by atoms with Crippen LogP contribution in [0.4, 0.5) is 11.6 Å². The lowest BCUT2D eigenvalue weighted by molar-refractivity contribution is 0.0941. The standard InChI is InChI=1S/C21H18ClN6O6PS/c1-13-18(20(30)28(25-13)19(29)14-3-5-15(22)6-4-14)35(31,32)26-16-7-9-17(10-8-16)36(33,34)27-21-23-11-2-12-24-21/h2-12,25H,1H3,(H,23,24,27)(H2,26,31,32). The van der Waals surface area contributed by atoms with Crippen molar-refractivity contribution in [2.75, 3.05) is 9.81 Å². The molecule has 15 heteroatoms. The largest absolute Gasteiger partial charge is 0.328 e. The van der Waals surface area contributed by atoms with Gasteiger partial charge in [-0.2, -0.15) is 4.68 Å². The van der Waals surface area contributed by atoms with Crippen molar-refractivity contribution in [3.8, 4) is 0 Å². The Morgan fingerprint density at radius 3 is 2.31 bits per heavy atom. The van der Waals surface area contributed by atoms with Crippen molar-refractivity contribution in [3.05, 3.63) is 93.6 Å². The molecule has 0 aliphatic rings. The van der Waals surface area contributed by atoms with Gasteiger partial charge in [0.05, 0.1) is 4.90 Å². The second kappa shape index (κ2) is 9.70. The number of anilines is 2. The first-order valence-electron chi connectivity index (χ1n) is 10.1. The van der Waals surface area contributed by atoms with E-state index in [4.69, 9.17) is 11.6 Å². The van der Waals surface area contributed by atoms with Crippen molar-refractivity contribution in [1.82, 2.24) is 19.7 Å². The summed E-state index contributed by atoms with van der Waals surface area (Å²) < 4.78 is 41.0. The molecule has 0 aliphatic heterocycles. The number of carbonyl (C=O) groups is 1. The molecule has 4 N–H and O–H groups in total. The van der Waals surface area contributed by atoms with Crippen LogP contribution in [0.2, 0.25) is 5.02 Å². The number of rotatable bonds is 7. The van der Waals surface area contributed by atoms with Gasteiger partial charge < -0.3 is 9.98 Å². The smallest absolute Gasteiger partial charge is 0.326 e. The number of sulfonamides is 1. The van der Waals surface area contributed by atoms with E-state index in [0.29, 0.717) is 9.70 Å². The molecular formula is C21H18ClN6O6PS. The van der Waals surface area contributed by atoms with Crippen molar-refractivity contribution in [3.63, 3.8) is 0 Å². The van der Waals surface area contributed by atoms with Gasteiger partial charge in [-0.15, -0.1) is 0 Å². The zero-order valence-corrected chi connectivity index (χ0v) is 20.9. The molecule has 0 saturated heterocycles. The van der Waals surface area contributed by atoms with E-state index in [1.807, 2.05) is 0 Å². The number of aryl methyl sites for hydroxylation is 1. The fourth-order valence-electron chi connectivity index (χ4n) is 3.23. The van der Waals surface area contributed by atoms with Crippen LogP contribution in [0.25, 0.3) is 0 Å². The van der Waals surface area contributed by atoms with Crippen LogP contribution in [0.1, 0.15) is 16.1 Å². The lowest BCUT2D eigenvalue weighted by atomic mass is 10.2. The molecule has 0 saturated carbocycles. The number of nitrogens with one attached hydrogen (secondary N) is 3. The summed E-state index contributed by atoms with van der Waals surface area (Å²) in [5.41, 5.74) is -0.795. The van der Waals surface area contributed by atoms with Gasteiger partial charge in [0.15, 0.2) is 0 Å². The summed E-state index contributed by atoms with van der Waals surface area (Å²) in [6, 6.07) is 12.2. The normalized spacial score (nSPS) is 13.1.